The fraction of sp³-hybridized carbons (Fsp3) is 0.923. The molecule has 0 fully saturated rings. The highest BCUT2D eigenvalue weighted by Gasteiger charge is 2.24. The molecule has 0 saturated carbocycles. The first-order chi connectivity index (χ1) is 6.69. The van der Waals surface area contributed by atoms with E-state index >= 15 is 0 Å². The molecule has 90 valence electrons. The SMILES string of the molecule is CCC(=O)C(C)(C)CCCNC(C)(C)C. The van der Waals surface area contributed by atoms with Crippen molar-refractivity contribution in [3.05, 3.63) is 0 Å². The fourth-order valence-corrected chi connectivity index (χ4v) is 1.61. The number of ketones is 1. The zero-order valence-electron chi connectivity index (χ0n) is 11.2. The quantitative estimate of drug-likeness (QED) is 0.687. The summed E-state index contributed by atoms with van der Waals surface area (Å²) in [5, 5.41) is 3.44. The molecular formula is C13H27NO. The van der Waals surface area contributed by atoms with Crippen molar-refractivity contribution in [2.45, 2.75) is 66.3 Å². The minimum absolute atomic E-state index is 0.145. The molecule has 0 saturated heterocycles. The van der Waals surface area contributed by atoms with Gasteiger partial charge >= 0.3 is 0 Å². The van der Waals surface area contributed by atoms with Crippen molar-refractivity contribution in [2.75, 3.05) is 6.54 Å². The average Bonchev–Trinajstić information content (AvgIpc) is 2.09. The van der Waals surface area contributed by atoms with Gasteiger partial charge in [-0.25, -0.2) is 0 Å². The molecule has 0 aliphatic rings. The van der Waals surface area contributed by atoms with Gasteiger partial charge in [0.05, 0.1) is 0 Å². The van der Waals surface area contributed by atoms with Gasteiger partial charge in [0.2, 0.25) is 0 Å². The summed E-state index contributed by atoms with van der Waals surface area (Å²) in [6, 6.07) is 0. The van der Waals surface area contributed by atoms with E-state index in [2.05, 4.69) is 39.9 Å². The summed E-state index contributed by atoms with van der Waals surface area (Å²) >= 11 is 0. The van der Waals surface area contributed by atoms with Crippen LogP contribution in [0.1, 0.15) is 60.8 Å². The van der Waals surface area contributed by atoms with Gasteiger partial charge in [-0.15, -0.1) is 0 Å². The third kappa shape index (κ3) is 6.67. The van der Waals surface area contributed by atoms with Crippen molar-refractivity contribution >= 4 is 5.78 Å². The Labute approximate surface area is 94.8 Å². The van der Waals surface area contributed by atoms with Crippen molar-refractivity contribution in [3.63, 3.8) is 0 Å². The number of carbonyl (C=O) groups is 1. The summed E-state index contributed by atoms with van der Waals surface area (Å²) < 4.78 is 0. The van der Waals surface area contributed by atoms with E-state index in [1.807, 2.05) is 6.92 Å². The van der Waals surface area contributed by atoms with Gasteiger partial charge < -0.3 is 5.32 Å². The first kappa shape index (κ1) is 14.6. The number of carbonyl (C=O) groups excluding carboxylic acids is 1. The number of hydrogen-bond donors (Lipinski definition) is 1. The van der Waals surface area contributed by atoms with Gasteiger partial charge in [-0.05, 0) is 40.2 Å². The third-order valence-electron chi connectivity index (χ3n) is 2.71. The van der Waals surface area contributed by atoms with Crippen LogP contribution in [0.5, 0.6) is 0 Å². The Kier molecular flexibility index (Phi) is 5.50. The van der Waals surface area contributed by atoms with E-state index < -0.39 is 0 Å². The van der Waals surface area contributed by atoms with E-state index in [1.165, 1.54) is 0 Å². The second-order valence-electron chi connectivity index (χ2n) is 5.94. The third-order valence-corrected chi connectivity index (χ3v) is 2.71. The molecule has 1 N–H and O–H groups in total. The van der Waals surface area contributed by atoms with Gasteiger partial charge in [0.25, 0.3) is 0 Å². The molecular weight excluding hydrogens is 186 g/mol. The van der Waals surface area contributed by atoms with Gasteiger partial charge in [-0.3, -0.25) is 4.79 Å². The second-order valence-corrected chi connectivity index (χ2v) is 5.94. The van der Waals surface area contributed by atoms with Crippen molar-refractivity contribution in [3.8, 4) is 0 Å². The number of nitrogens with one attached hydrogen (secondary N) is 1. The Morgan fingerprint density at radius 2 is 1.67 bits per heavy atom. The monoisotopic (exact) mass is 213 g/mol. The predicted octanol–water partition coefficient (Wildman–Crippen LogP) is 3.16. The molecule has 0 heterocycles. The maximum absolute atomic E-state index is 11.6. The minimum Gasteiger partial charge on any atom is -0.312 e. The van der Waals surface area contributed by atoms with Crippen molar-refractivity contribution in [1.82, 2.24) is 5.32 Å². The van der Waals surface area contributed by atoms with E-state index in [9.17, 15) is 4.79 Å². The molecule has 15 heavy (non-hydrogen) atoms. The summed E-state index contributed by atoms with van der Waals surface area (Å²) in [6.45, 7) is 13.5. The molecule has 0 amide bonds. The molecule has 0 bridgehead atoms. The van der Waals surface area contributed by atoms with Crippen LogP contribution < -0.4 is 5.32 Å². The molecule has 0 atom stereocenters. The number of rotatable bonds is 6. The van der Waals surface area contributed by atoms with Gasteiger partial charge in [0.1, 0.15) is 5.78 Å². The lowest BCUT2D eigenvalue weighted by atomic mass is 9.82. The molecule has 2 heteroatoms. The van der Waals surface area contributed by atoms with Gasteiger partial charge in [-0.1, -0.05) is 20.8 Å². The number of Topliss-reactive ketones (excluding diaryl/α,β-unsaturated/α-hetero) is 1. The van der Waals surface area contributed by atoms with E-state index in [1.54, 1.807) is 0 Å². The Morgan fingerprint density at radius 1 is 1.13 bits per heavy atom. The Hall–Kier alpha value is -0.370. The van der Waals surface area contributed by atoms with Crippen LogP contribution in [-0.4, -0.2) is 17.9 Å². The minimum atomic E-state index is -0.145. The van der Waals surface area contributed by atoms with E-state index in [-0.39, 0.29) is 11.0 Å². The molecule has 0 aromatic heterocycles. The molecule has 0 aromatic carbocycles. The fourth-order valence-electron chi connectivity index (χ4n) is 1.61. The standard InChI is InChI=1S/C13H27NO/c1-7-11(15)13(5,6)9-8-10-14-12(2,3)4/h14H,7-10H2,1-6H3. The summed E-state index contributed by atoms with van der Waals surface area (Å²) in [7, 11) is 0. The van der Waals surface area contributed by atoms with Crippen molar-refractivity contribution in [2.24, 2.45) is 5.41 Å². The summed E-state index contributed by atoms with van der Waals surface area (Å²) in [6.07, 6.45) is 2.69. The average molecular weight is 213 g/mol. The Morgan fingerprint density at radius 3 is 2.07 bits per heavy atom. The lowest BCUT2D eigenvalue weighted by Gasteiger charge is -2.25. The maximum atomic E-state index is 11.6. The Balaban J connectivity index is 3.81. The van der Waals surface area contributed by atoms with Crippen LogP contribution in [0.4, 0.5) is 0 Å². The smallest absolute Gasteiger partial charge is 0.138 e. The molecule has 0 aliphatic heterocycles. The second kappa shape index (κ2) is 5.64. The maximum Gasteiger partial charge on any atom is 0.138 e. The van der Waals surface area contributed by atoms with Crippen LogP contribution in [0.2, 0.25) is 0 Å². The lowest BCUT2D eigenvalue weighted by molar-refractivity contribution is -0.127. The summed E-state index contributed by atoms with van der Waals surface area (Å²) in [4.78, 5) is 11.6. The highest BCUT2D eigenvalue weighted by molar-refractivity contribution is 5.83. The molecule has 0 aromatic rings. The van der Waals surface area contributed by atoms with Crippen LogP contribution in [-0.2, 0) is 4.79 Å². The topological polar surface area (TPSA) is 29.1 Å². The van der Waals surface area contributed by atoms with Gasteiger partial charge in [0.15, 0.2) is 0 Å². The zero-order valence-corrected chi connectivity index (χ0v) is 11.2. The normalized spacial score (nSPS) is 12.9. The van der Waals surface area contributed by atoms with E-state index in [0.717, 1.165) is 19.4 Å². The first-order valence-electron chi connectivity index (χ1n) is 5.97. The van der Waals surface area contributed by atoms with Gasteiger partial charge in [0, 0.05) is 17.4 Å². The van der Waals surface area contributed by atoms with Crippen LogP contribution in [0.15, 0.2) is 0 Å². The van der Waals surface area contributed by atoms with E-state index in [0.29, 0.717) is 12.2 Å². The van der Waals surface area contributed by atoms with Crippen LogP contribution in [0.3, 0.4) is 0 Å². The zero-order chi connectivity index (χ0) is 12.1. The van der Waals surface area contributed by atoms with E-state index in [4.69, 9.17) is 0 Å². The predicted molar refractivity (Wildman–Crippen MR) is 66.1 cm³/mol. The first-order valence-corrected chi connectivity index (χ1v) is 5.97. The van der Waals surface area contributed by atoms with Gasteiger partial charge in [-0.2, -0.15) is 0 Å². The summed E-state index contributed by atoms with van der Waals surface area (Å²) in [5.74, 6) is 0.373. The largest absolute Gasteiger partial charge is 0.312 e. The van der Waals surface area contributed by atoms with Crippen molar-refractivity contribution < 1.29 is 4.79 Å². The number of hydrogen-bond acceptors (Lipinski definition) is 2. The lowest BCUT2D eigenvalue weighted by Crippen LogP contribution is -2.37. The molecule has 0 spiro atoms. The molecule has 2 nitrogen and oxygen atoms in total. The van der Waals surface area contributed by atoms with Crippen LogP contribution in [0, 0.1) is 5.41 Å². The molecule has 0 rings (SSSR count). The Bertz CT molecular complexity index is 201. The molecule has 0 aliphatic carbocycles. The molecule has 0 radical (unpaired) electrons. The summed E-state index contributed by atoms with van der Waals surface area (Å²) in [5.41, 5.74) is 0.0349. The molecule has 0 unspecified atom stereocenters. The van der Waals surface area contributed by atoms with Crippen LogP contribution >= 0.6 is 0 Å². The highest BCUT2D eigenvalue weighted by atomic mass is 16.1. The highest BCUT2D eigenvalue weighted by Crippen LogP contribution is 2.24. The van der Waals surface area contributed by atoms with Crippen molar-refractivity contribution in [1.29, 1.82) is 0 Å². The van der Waals surface area contributed by atoms with Crippen LogP contribution in [0.25, 0.3) is 0 Å².